The van der Waals surface area contributed by atoms with E-state index in [1.807, 2.05) is 11.1 Å². The predicted octanol–water partition coefficient (Wildman–Crippen LogP) is 2.39. The highest BCUT2D eigenvalue weighted by atomic mass is 16.2. The summed E-state index contributed by atoms with van der Waals surface area (Å²) in [6.07, 6.45) is 9.40. The summed E-state index contributed by atoms with van der Waals surface area (Å²) in [4.78, 5) is 25.0. The first kappa shape index (κ1) is 15.9. The number of urea groups is 1. The van der Waals surface area contributed by atoms with E-state index >= 15 is 0 Å². The minimum Gasteiger partial charge on any atom is -0.343 e. The van der Waals surface area contributed by atoms with Crippen molar-refractivity contribution in [3.63, 3.8) is 0 Å². The van der Waals surface area contributed by atoms with Gasteiger partial charge in [0.1, 0.15) is 0 Å². The number of hydrogen-bond acceptors (Lipinski definition) is 2. The molecule has 0 spiro atoms. The van der Waals surface area contributed by atoms with Crippen LogP contribution in [-0.2, 0) is 4.79 Å². The Morgan fingerprint density at radius 1 is 1.33 bits per heavy atom. The normalized spacial score (nSPS) is 20.1. The van der Waals surface area contributed by atoms with Crippen LogP contribution in [0.5, 0.6) is 0 Å². The quantitative estimate of drug-likeness (QED) is 0.739. The summed E-state index contributed by atoms with van der Waals surface area (Å²) in [5.41, 5.74) is 1.27. The average Bonchev–Trinajstić information content (AvgIpc) is 3.13. The van der Waals surface area contributed by atoms with E-state index in [2.05, 4.69) is 17.6 Å². The van der Waals surface area contributed by atoms with Crippen molar-refractivity contribution in [2.24, 2.45) is 5.92 Å². The second-order valence-corrected chi connectivity index (χ2v) is 6.11. The molecule has 0 radical (unpaired) electrons. The third kappa shape index (κ3) is 5.06. The summed E-state index contributed by atoms with van der Waals surface area (Å²) in [7, 11) is 0. The van der Waals surface area contributed by atoms with Gasteiger partial charge >= 0.3 is 6.03 Å². The maximum Gasteiger partial charge on any atom is 0.318 e. The van der Waals surface area contributed by atoms with Crippen molar-refractivity contribution in [1.29, 1.82) is 0 Å². The van der Waals surface area contributed by atoms with Gasteiger partial charge in [0, 0.05) is 32.3 Å². The van der Waals surface area contributed by atoms with Crippen molar-refractivity contribution < 1.29 is 9.59 Å². The number of allylic oxidation sites excluding steroid dienone is 1. The predicted molar refractivity (Wildman–Crippen MR) is 82.7 cm³/mol. The Morgan fingerprint density at radius 3 is 2.76 bits per heavy atom. The molecule has 1 saturated heterocycles. The molecule has 5 nitrogen and oxygen atoms in total. The Balaban J connectivity index is 1.57. The third-order valence-electron chi connectivity index (χ3n) is 4.49. The number of amides is 3. The van der Waals surface area contributed by atoms with Crippen molar-refractivity contribution in [1.82, 2.24) is 15.5 Å². The highest BCUT2D eigenvalue weighted by Crippen LogP contribution is 2.30. The van der Waals surface area contributed by atoms with Crippen molar-refractivity contribution in [2.45, 2.75) is 51.9 Å². The van der Waals surface area contributed by atoms with Crippen LogP contribution >= 0.6 is 0 Å². The zero-order valence-electron chi connectivity index (χ0n) is 13.0. The SMILES string of the molecule is C/C(=C\NC(=O)NCCCN1CCCC1=O)C1CCCC1. The molecule has 0 aromatic heterocycles. The van der Waals surface area contributed by atoms with Crippen LogP contribution in [0, 0.1) is 5.92 Å². The maximum atomic E-state index is 11.7. The Labute approximate surface area is 127 Å². The first-order valence-electron chi connectivity index (χ1n) is 8.15. The van der Waals surface area contributed by atoms with Crippen LogP contribution < -0.4 is 10.6 Å². The highest BCUT2D eigenvalue weighted by molar-refractivity contribution is 5.78. The average molecular weight is 293 g/mol. The van der Waals surface area contributed by atoms with Crippen LogP contribution in [0.3, 0.4) is 0 Å². The monoisotopic (exact) mass is 293 g/mol. The number of nitrogens with zero attached hydrogens (tertiary/aromatic N) is 1. The molecule has 21 heavy (non-hydrogen) atoms. The largest absolute Gasteiger partial charge is 0.343 e. The van der Waals surface area contributed by atoms with Crippen LogP contribution in [0.1, 0.15) is 51.9 Å². The van der Waals surface area contributed by atoms with Gasteiger partial charge in [0.15, 0.2) is 0 Å². The number of nitrogens with one attached hydrogen (secondary N) is 2. The highest BCUT2D eigenvalue weighted by Gasteiger charge is 2.19. The molecule has 3 amide bonds. The second kappa shape index (κ2) is 8.05. The van der Waals surface area contributed by atoms with Gasteiger partial charge in [-0.1, -0.05) is 18.4 Å². The maximum absolute atomic E-state index is 11.7. The molecular formula is C16H27N3O2. The van der Waals surface area contributed by atoms with Crippen LogP contribution in [0.15, 0.2) is 11.8 Å². The fraction of sp³-hybridized carbons (Fsp3) is 0.750. The molecule has 1 heterocycles. The molecule has 0 atom stereocenters. The summed E-state index contributed by atoms with van der Waals surface area (Å²) >= 11 is 0. The zero-order valence-corrected chi connectivity index (χ0v) is 13.0. The zero-order chi connectivity index (χ0) is 15.1. The lowest BCUT2D eigenvalue weighted by Crippen LogP contribution is -2.35. The molecule has 2 fully saturated rings. The fourth-order valence-electron chi connectivity index (χ4n) is 3.14. The van der Waals surface area contributed by atoms with E-state index in [4.69, 9.17) is 0 Å². The van der Waals surface area contributed by atoms with Crippen LogP contribution in [0.4, 0.5) is 4.79 Å². The molecule has 1 aliphatic heterocycles. The number of likely N-dealkylation sites (tertiary alicyclic amines) is 1. The Morgan fingerprint density at radius 2 is 2.10 bits per heavy atom. The summed E-state index contributed by atoms with van der Waals surface area (Å²) in [6.45, 7) is 4.31. The fourth-order valence-corrected chi connectivity index (χ4v) is 3.14. The second-order valence-electron chi connectivity index (χ2n) is 6.11. The lowest BCUT2D eigenvalue weighted by Gasteiger charge is -2.15. The van der Waals surface area contributed by atoms with Crippen molar-refractivity contribution >= 4 is 11.9 Å². The van der Waals surface area contributed by atoms with Gasteiger partial charge in [0.05, 0.1) is 0 Å². The van der Waals surface area contributed by atoms with Crippen LogP contribution in [0.2, 0.25) is 0 Å². The van der Waals surface area contributed by atoms with Gasteiger partial charge < -0.3 is 15.5 Å². The summed E-state index contributed by atoms with van der Waals surface area (Å²) in [5, 5.41) is 5.64. The van der Waals surface area contributed by atoms with Crippen LogP contribution in [0.25, 0.3) is 0 Å². The van der Waals surface area contributed by atoms with Gasteiger partial charge in [0.2, 0.25) is 5.91 Å². The molecule has 5 heteroatoms. The molecule has 0 bridgehead atoms. The molecule has 0 aromatic rings. The molecule has 1 saturated carbocycles. The van der Waals surface area contributed by atoms with Gasteiger partial charge in [-0.25, -0.2) is 4.79 Å². The van der Waals surface area contributed by atoms with Gasteiger partial charge in [-0.2, -0.15) is 0 Å². The summed E-state index contributed by atoms with van der Waals surface area (Å²) in [6, 6.07) is -0.153. The van der Waals surface area contributed by atoms with E-state index in [1.165, 1.54) is 31.3 Å². The van der Waals surface area contributed by atoms with E-state index in [1.54, 1.807) is 0 Å². The van der Waals surface area contributed by atoms with Gasteiger partial charge in [-0.15, -0.1) is 0 Å². The molecular weight excluding hydrogens is 266 g/mol. The van der Waals surface area contributed by atoms with Crippen LogP contribution in [-0.4, -0.2) is 36.5 Å². The summed E-state index contributed by atoms with van der Waals surface area (Å²) in [5.74, 6) is 0.890. The number of carbonyl (C=O) groups excluding carboxylic acids is 2. The van der Waals surface area contributed by atoms with Gasteiger partial charge in [0.25, 0.3) is 0 Å². The molecule has 2 aliphatic rings. The van der Waals surface area contributed by atoms with E-state index in [0.717, 1.165) is 25.9 Å². The topological polar surface area (TPSA) is 61.4 Å². The molecule has 1 aliphatic carbocycles. The third-order valence-corrected chi connectivity index (χ3v) is 4.49. The van der Waals surface area contributed by atoms with E-state index in [0.29, 0.717) is 18.9 Å². The first-order valence-corrected chi connectivity index (χ1v) is 8.15. The minimum atomic E-state index is -0.153. The number of hydrogen-bond donors (Lipinski definition) is 2. The van der Waals surface area contributed by atoms with Crippen molar-refractivity contribution in [3.8, 4) is 0 Å². The van der Waals surface area contributed by atoms with E-state index in [9.17, 15) is 9.59 Å². The minimum absolute atomic E-state index is 0.153. The molecule has 0 aromatic carbocycles. The molecule has 0 unspecified atom stereocenters. The molecule has 2 N–H and O–H groups in total. The van der Waals surface area contributed by atoms with E-state index < -0.39 is 0 Å². The van der Waals surface area contributed by atoms with Gasteiger partial charge in [-0.3, -0.25) is 4.79 Å². The van der Waals surface area contributed by atoms with Crippen molar-refractivity contribution in [2.75, 3.05) is 19.6 Å². The lowest BCUT2D eigenvalue weighted by atomic mass is 10.0. The summed E-state index contributed by atoms with van der Waals surface area (Å²) < 4.78 is 0. The standard InChI is InChI=1S/C16H27N3O2/c1-13(14-6-2-3-7-14)12-18-16(21)17-9-5-11-19-10-4-8-15(19)20/h12,14H,2-11H2,1H3,(H2,17,18,21)/b13-12+. The number of rotatable bonds is 6. The Bertz CT molecular complexity index is 400. The smallest absolute Gasteiger partial charge is 0.318 e. The molecule has 118 valence electrons. The first-order chi connectivity index (χ1) is 10.2. The van der Waals surface area contributed by atoms with Crippen molar-refractivity contribution in [3.05, 3.63) is 11.8 Å². The lowest BCUT2D eigenvalue weighted by molar-refractivity contribution is -0.127. The Hall–Kier alpha value is -1.52. The van der Waals surface area contributed by atoms with E-state index in [-0.39, 0.29) is 11.9 Å². The number of carbonyl (C=O) groups is 2. The Kier molecular flexibility index (Phi) is 6.08. The van der Waals surface area contributed by atoms with Gasteiger partial charge in [-0.05, 0) is 38.5 Å². The molecule has 2 rings (SSSR count).